The highest BCUT2D eigenvalue weighted by Crippen LogP contribution is 2.32. The van der Waals surface area contributed by atoms with Crippen molar-refractivity contribution in [1.29, 1.82) is 0 Å². The van der Waals surface area contributed by atoms with E-state index in [0.29, 0.717) is 6.61 Å². The molecule has 0 spiro atoms. The molecule has 1 fully saturated rings. The largest absolute Gasteiger partial charge is 0.573 e. The van der Waals surface area contributed by atoms with E-state index in [1.165, 1.54) is 12.1 Å². The Bertz CT molecular complexity index is 722. The van der Waals surface area contributed by atoms with Gasteiger partial charge in [0.1, 0.15) is 11.5 Å². The van der Waals surface area contributed by atoms with Gasteiger partial charge in [-0.2, -0.15) is 0 Å². The minimum absolute atomic E-state index is 0. The fourth-order valence-electron chi connectivity index (χ4n) is 3.32. The van der Waals surface area contributed by atoms with Crippen LogP contribution >= 0.6 is 24.8 Å². The van der Waals surface area contributed by atoms with Crippen LogP contribution in [0.3, 0.4) is 0 Å². The minimum Gasteiger partial charge on any atom is -0.494 e. The maximum atomic E-state index is 12.4. The lowest BCUT2D eigenvalue weighted by Crippen LogP contribution is -2.45. The number of hydrogen-bond donors (Lipinski definition) is 1. The van der Waals surface area contributed by atoms with Crippen LogP contribution in [0.4, 0.5) is 13.2 Å². The van der Waals surface area contributed by atoms with E-state index in [-0.39, 0.29) is 36.6 Å². The van der Waals surface area contributed by atoms with Crippen LogP contribution in [0.2, 0.25) is 0 Å². The molecule has 1 aliphatic heterocycles. The van der Waals surface area contributed by atoms with Crippen molar-refractivity contribution in [1.82, 2.24) is 10.2 Å². The van der Waals surface area contributed by atoms with E-state index in [1.807, 2.05) is 31.2 Å². The molecule has 1 aliphatic rings. The number of rotatable bonds is 6. The molecule has 2 aromatic carbocycles. The summed E-state index contributed by atoms with van der Waals surface area (Å²) in [6, 6.07) is 14.0. The predicted molar refractivity (Wildman–Crippen MR) is 112 cm³/mol. The van der Waals surface area contributed by atoms with Crippen molar-refractivity contribution in [3.05, 3.63) is 59.7 Å². The third kappa shape index (κ3) is 7.26. The SMILES string of the molecule is CCOc1ccc([C@H](c2ccc(OC(F)(F)F)cc2)N2CCNCC2)cc1.Cl.Cl. The topological polar surface area (TPSA) is 33.7 Å². The normalized spacial score (nSPS) is 15.6. The van der Waals surface area contributed by atoms with Crippen molar-refractivity contribution >= 4 is 24.8 Å². The molecule has 1 saturated heterocycles. The molecule has 4 nitrogen and oxygen atoms in total. The fraction of sp³-hybridized carbons (Fsp3) is 0.400. The fourth-order valence-corrected chi connectivity index (χ4v) is 3.32. The molecule has 0 saturated carbocycles. The van der Waals surface area contributed by atoms with E-state index in [9.17, 15) is 13.2 Å². The smallest absolute Gasteiger partial charge is 0.494 e. The Morgan fingerprint density at radius 3 is 1.83 bits per heavy atom. The van der Waals surface area contributed by atoms with Crippen LogP contribution in [0.1, 0.15) is 24.1 Å². The second-order valence-electron chi connectivity index (χ2n) is 6.31. The Hall–Kier alpha value is -1.67. The van der Waals surface area contributed by atoms with Gasteiger partial charge in [0.05, 0.1) is 12.6 Å². The van der Waals surface area contributed by atoms with Gasteiger partial charge >= 0.3 is 6.36 Å². The molecule has 0 amide bonds. The number of nitrogens with zero attached hydrogens (tertiary/aromatic N) is 1. The molecule has 29 heavy (non-hydrogen) atoms. The Morgan fingerprint density at radius 2 is 1.38 bits per heavy atom. The number of ether oxygens (including phenoxy) is 2. The van der Waals surface area contributed by atoms with Gasteiger partial charge in [0.15, 0.2) is 0 Å². The third-order valence-electron chi connectivity index (χ3n) is 4.45. The molecule has 0 unspecified atom stereocenters. The van der Waals surface area contributed by atoms with E-state index < -0.39 is 6.36 Å². The molecule has 2 aromatic rings. The molecule has 1 atom stereocenters. The summed E-state index contributed by atoms with van der Waals surface area (Å²) in [6.07, 6.45) is -4.69. The van der Waals surface area contributed by atoms with E-state index >= 15 is 0 Å². The first-order valence-corrected chi connectivity index (χ1v) is 8.99. The molecule has 0 bridgehead atoms. The number of hydrogen-bond acceptors (Lipinski definition) is 4. The van der Waals surface area contributed by atoms with Gasteiger partial charge in [-0.25, -0.2) is 0 Å². The van der Waals surface area contributed by atoms with Crippen molar-refractivity contribution in [2.75, 3.05) is 32.8 Å². The van der Waals surface area contributed by atoms with E-state index in [4.69, 9.17) is 4.74 Å². The molecule has 0 aliphatic carbocycles. The zero-order valence-corrected chi connectivity index (χ0v) is 17.6. The summed E-state index contributed by atoms with van der Waals surface area (Å²) >= 11 is 0. The van der Waals surface area contributed by atoms with E-state index in [2.05, 4.69) is 15.0 Å². The first-order valence-electron chi connectivity index (χ1n) is 8.99. The van der Waals surface area contributed by atoms with Crippen LogP contribution in [0.15, 0.2) is 48.5 Å². The number of alkyl halides is 3. The summed E-state index contributed by atoms with van der Waals surface area (Å²) in [6.45, 7) is 6.01. The van der Waals surface area contributed by atoms with Gasteiger partial charge in [0.25, 0.3) is 0 Å². The lowest BCUT2D eigenvalue weighted by Gasteiger charge is -2.35. The average Bonchev–Trinajstić information content (AvgIpc) is 2.65. The first-order chi connectivity index (χ1) is 13.0. The molecular weight excluding hydrogens is 428 g/mol. The molecule has 162 valence electrons. The van der Waals surface area contributed by atoms with Gasteiger partial charge in [-0.3, -0.25) is 4.90 Å². The lowest BCUT2D eigenvalue weighted by atomic mass is 9.96. The van der Waals surface area contributed by atoms with Crippen molar-refractivity contribution in [2.24, 2.45) is 0 Å². The molecule has 1 N–H and O–H groups in total. The van der Waals surface area contributed by atoms with Crippen molar-refractivity contribution in [3.63, 3.8) is 0 Å². The average molecular weight is 453 g/mol. The Labute approximate surface area is 181 Å². The van der Waals surface area contributed by atoms with Crippen LogP contribution in [-0.2, 0) is 0 Å². The summed E-state index contributed by atoms with van der Waals surface area (Å²) in [5.41, 5.74) is 2.00. The number of benzene rings is 2. The molecule has 0 aromatic heterocycles. The van der Waals surface area contributed by atoms with E-state index in [0.717, 1.165) is 43.1 Å². The van der Waals surface area contributed by atoms with E-state index in [1.54, 1.807) is 12.1 Å². The van der Waals surface area contributed by atoms with Crippen LogP contribution in [-0.4, -0.2) is 44.0 Å². The third-order valence-corrected chi connectivity index (χ3v) is 4.45. The molecular formula is C20H25Cl2F3N2O2. The van der Waals surface area contributed by atoms with Crippen molar-refractivity contribution in [2.45, 2.75) is 19.3 Å². The molecule has 9 heteroatoms. The number of piperazine rings is 1. The predicted octanol–water partition coefficient (Wildman–Crippen LogP) is 4.82. The second-order valence-corrected chi connectivity index (χ2v) is 6.31. The maximum absolute atomic E-state index is 12.4. The standard InChI is InChI=1S/C20H23F3N2O2.2ClH/c1-2-26-17-7-3-15(4-8-17)19(25-13-11-24-12-14-25)16-5-9-18(10-6-16)27-20(21,22)23;;/h3-10,19,24H,2,11-14H2,1H3;2*1H/t19-;;/m1../s1. The Kier molecular flexibility index (Phi) is 10.1. The summed E-state index contributed by atoms with van der Waals surface area (Å²) in [7, 11) is 0. The van der Waals surface area contributed by atoms with Crippen LogP contribution in [0.5, 0.6) is 11.5 Å². The zero-order chi connectivity index (χ0) is 19.3. The van der Waals surface area contributed by atoms with Gasteiger partial charge in [-0.15, -0.1) is 38.0 Å². The molecule has 3 rings (SSSR count). The summed E-state index contributed by atoms with van der Waals surface area (Å²) in [4.78, 5) is 2.33. The van der Waals surface area contributed by atoms with Crippen molar-refractivity contribution in [3.8, 4) is 11.5 Å². The summed E-state index contributed by atoms with van der Waals surface area (Å²) in [5.74, 6) is 0.589. The van der Waals surface area contributed by atoms with Gasteiger partial charge in [0.2, 0.25) is 0 Å². The van der Waals surface area contributed by atoms with Crippen LogP contribution in [0, 0.1) is 0 Å². The van der Waals surface area contributed by atoms with Crippen LogP contribution < -0.4 is 14.8 Å². The summed E-state index contributed by atoms with van der Waals surface area (Å²) < 4.78 is 46.7. The lowest BCUT2D eigenvalue weighted by molar-refractivity contribution is -0.274. The Balaban J connectivity index is 0.00000210. The summed E-state index contributed by atoms with van der Waals surface area (Å²) in [5, 5.41) is 3.33. The minimum atomic E-state index is -4.69. The maximum Gasteiger partial charge on any atom is 0.573 e. The quantitative estimate of drug-likeness (QED) is 0.680. The van der Waals surface area contributed by atoms with Gasteiger partial charge in [0, 0.05) is 26.2 Å². The second kappa shape index (κ2) is 11.5. The first kappa shape index (κ1) is 25.4. The van der Waals surface area contributed by atoms with Gasteiger partial charge < -0.3 is 14.8 Å². The molecule has 0 radical (unpaired) electrons. The zero-order valence-electron chi connectivity index (χ0n) is 15.9. The van der Waals surface area contributed by atoms with Crippen LogP contribution in [0.25, 0.3) is 0 Å². The highest BCUT2D eigenvalue weighted by Gasteiger charge is 2.31. The highest BCUT2D eigenvalue weighted by atomic mass is 35.5. The number of halogens is 5. The molecule has 1 heterocycles. The van der Waals surface area contributed by atoms with Gasteiger partial charge in [-0.1, -0.05) is 24.3 Å². The monoisotopic (exact) mass is 452 g/mol. The Morgan fingerprint density at radius 1 is 0.897 bits per heavy atom. The highest BCUT2D eigenvalue weighted by molar-refractivity contribution is 5.85. The number of nitrogens with one attached hydrogen (secondary N) is 1. The van der Waals surface area contributed by atoms with Gasteiger partial charge in [-0.05, 0) is 42.3 Å². The van der Waals surface area contributed by atoms with Crippen molar-refractivity contribution < 1.29 is 22.6 Å².